The Hall–Kier alpha value is -3.27. The Balaban J connectivity index is 2.14. The van der Waals surface area contributed by atoms with Crippen LogP contribution >= 0.6 is 12.0 Å². The SMILES string of the molecule is Cc1cc(SOOO)cc2cc(S(=O)(=O)O)c(N=Nc3ccc(N)cc3NC(N)=O)cc12. The zero-order chi connectivity index (χ0) is 23.5. The fourth-order valence-corrected chi connectivity index (χ4v) is 4.05. The van der Waals surface area contributed by atoms with Gasteiger partial charge in [0.15, 0.2) is 0 Å². The monoisotopic (exact) mass is 479 g/mol. The average Bonchev–Trinajstić information content (AvgIpc) is 2.70. The van der Waals surface area contributed by atoms with Crippen LogP contribution < -0.4 is 16.8 Å². The summed E-state index contributed by atoms with van der Waals surface area (Å²) in [6, 6.07) is 9.45. The van der Waals surface area contributed by atoms with E-state index < -0.39 is 21.0 Å². The highest BCUT2D eigenvalue weighted by Gasteiger charge is 2.18. The van der Waals surface area contributed by atoms with Crippen molar-refractivity contribution in [1.29, 1.82) is 0 Å². The maximum absolute atomic E-state index is 12.0. The first-order chi connectivity index (χ1) is 15.1. The minimum absolute atomic E-state index is 0.139. The van der Waals surface area contributed by atoms with Crippen LogP contribution in [0.4, 0.5) is 27.5 Å². The normalized spacial score (nSPS) is 11.8. The second-order valence-electron chi connectivity index (χ2n) is 6.45. The molecular formula is C18H17N5O7S2. The second-order valence-corrected chi connectivity index (χ2v) is 8.61. The summed E-state index contributed by atoms with van der Waals surface area (Å²) in [7, 11) is -4.67. The topological polar surface area (TPSA) is 199 Å². The predicted molar refractivity (Wildman–Crippen MR) is 117 cm³/mol. The summed E-state index contributed by atoms with van der Waals surface area (Å²) in [5, 5.41) is 23.3. The summed E-state index contributed by atoms with van der Waals surface area (Å²) >= 11 is 0.701. The van der Waals surface area contributed by atoms with E-state index in [-0.39, 0.29) is 17.1 Å². The van der Waals surface area contributed by atoms with Gasteiger partial charge in [-0.15, -0.1) is 14.6 Å². The number of primary amides is 1. The number of benzene rings is 3. The van der Waals surface area contributed by atoms with Crippen molar-refractivity contribution < 1.29 is 32.4 Å². The lowest BCUT2D eigenvalue weighted by molar-refractivity contribution is -0.432. The van der Waals surface area contributed by atoms with Crippen LogP contribution in [-0.4, -0.2) is 24.3 Å². The molecule has 168 valence electrons. The van der Waals surface area contributed by atoms with Gasteiger partial charge in [-0.25, -0.2) is 10.1 Å². The van der Waals surface area contributed by atoms with E-state index in [1.807, 2.05) is 0 Å². The molecule has 32 heavy (non-hydrogen) atoms. The number of nitrogens with one attached hydrogen (secondary N) is 1. The standard InChI is InChI=1S/C18H17N5O7S2/c1-9-4-12(31-30-29-25)5-10-6-17(32(26,27)28)16(8-13(9)10)23-22-14-3-2-11(19)7-15(14)21-18(20)24/h2-8,25H,19H2,1H3,(H3,20,21,24)(H,26,27,28). The summed E-state index contributed by atoms with van der Waals surface area (Å²) in [5.74, 6) is 0. The number of nitrogen functional groups attached to an aromatic ring is 1. The summed E-state index contributed by atoms with van der Waals surface area (Å²) < 4.78 is 38.1. The number of azo groups is 1. The Labute approximate surface area is 186 Å². The number of amides is 2. The van der Waals surface area contributed by atoms with Gasteiger partial charge in [-0.3, -0.25) is 4.55 Å². The first-order valence-corrected chi connectivity index (χ1v) is 10.8. The lowest BCUT2D eigenvalue weighted by atomic mass is 10.0. The minimum atomic E-state index is -4.67. The first kappa shape index (κ1) is 23.4. The molecule has 3 aromatic rings. The number of carbonyl (C=O) groups excluding carboxylic acids is 1. The Morgan fingerprint density at radius 1 is 1.12 bits per heavy atom. The van der Waals surface area contributed by atoms with Gasteiger partial charge in [-0.05, 0) is 65.7 Å². The number of nitrogens with zero attached hydrogens (tertiary/aromatic N) is 2. The Kier molecular flexibility index (Phi) is 6.93. The predicted octanol–water partition coefficient (Wildman–Crippen LogP) is 4.31. The molecule has 0 fully saturated rings. The highest BCUT2D eigenvalue weighted by Crippen LogP contribution is 2.36. The van der Waals surface area contributed by atoms with E-state index in [9.17, 15) is 17.8 Å². The van der Waals surface area contributed by atoms with E-state index in [0.29, 0.717) is 39.0 Å². The van der Waals surface area contributed by atoms with Crippen molar-refractivity contribution in [3.8, 4) is 0 Å². The van der Waals surface area contributed by atoms with Gasteiger partial charge in [0, 0.05) is 10.6 Å². The van der Waals surface area contributed by atoms with Crippen LogP contribution in [0, 0.1) is 6.92 Å². The first-order valence-electron chi connectivity index (χ1n) is 8.67. The van der Waals surface area contributed by atoms with Gasteiger partial charge in [0.2, 0.25) is 0 Å². The fraction of sp³-hybridized carbons (Fsp3) is 0.0556. The number of nitrogens with two attached hydrogens (primary N) is 2. The molecule has 0 radical (unpaired) electrons. The smallest absolute Gasteiger partial charge is 0.316 e. The van der Waals surface area contributed by atoms with Crippen molar-refractivity contribution in [2.24, 2.45) is 16.0 Å². The molecular weight excluding hydrogens is 462 g/mol. The van der Waals surface area contributed by atoms with Crippen LogP contribution in [0.25, 0.3) is 10.8 Å². The molecule has 3 rings (SSSR count). The minimum Gasteiger partial charge on any atom is -0.399 e. The third-order valence-electron chi connectivity index (χ3n) is 4.20. The average molecular weight is 479 g/mol. The number of fused-ring (bicyclic) bond motifs is 1. The van der Waals surface area contributed by atoms with E-state index in [4.69, 9.17) is 16.7 Å². The Bertz CT molecular complexity index is 1330. The number of anilines is 2. The highest BCUT2D eigenvalue weighted by molar-refractivity contribution is 7.94. The molecule has 12 nitrogen and oxygen atoms in total. The number of aryl methyl sites for hydroxylation is 1. The van der Waals surface area contributed by atoms with Crippen LogP contribution in [0.3, 0.4) is 0 Å². The van der Waals surface area contributed by atoms with Crippen LogP contribution in [-0.2, 0) is 19.5 Å². The number of rotatable bonds is 7. The Morgan fingerprint density at radius 2 is 1.84 bits per heavy atom. The lowest BCUT2D eigenvalue weighted by Crippen LogP contribution is -2.19. The molecule has 0 saturated carbocycles. The van der Waals surface area contributed by atoms with Crippen LogP contribution in [0.1, 0.15) is 5.56 Å². The van der Waals surface area contributed by atoms with Crippen LogP contribution in [0.5, 0.6) is 0 Å². The molecule has 7 N–H and O–H groups in total. The van der Waals surface area contributed by atoms with Crippen molar-refractivity contribution >= 4 is 61.7 Å². The Morgan fingerprint density at radius 3 is 2.50 bits per heavy atom. The molecule has 0 bridgehead atoms. The third kappa shape index (κ3) is 5.50. The molecule has 0 atom stereocenters. The number of hydrogen-bond donors (Lipinski definition) is 5. The second kappa shape index (κ2) is 9.47. The van der Waals surface area contributed by atoms with E-state index in [1.54, 1.807) is 19.1 Å². The maximum Gasteiger partial charge on any atom is 0.316 e. The summed E-state index contributed by atoms with van der Waals surface area (Å²) in [6.07, 6.45) is 0. The highest BCUT2D eigenvalue weighted by atomic mass is 32.2. The molecule has 0 spiro atoms. The third-order valence-corrected chi connectivity index (χ3v) is 5.63. The fourth-order valence-electron chi connectivity index (χ4n) is 2.90. The van der Waals surface area contributed by atoms with Crippen LogP contribution in [0.2, 0.25) is 0 Å². The van der Waals surface area contributed by atoms with E-state index in [1.165, 1.54) is 30.3 Å². The summed E-state index contributed by atoms with van der Waals surface area (Å²) in [5.41, 5.74) is 12.1. The molecule has 0 saturated heterocycles. The number of carbonyl (C=O) groups is 1. The van der Waals surface area contributed by atoms with Crippen molar-refractivity contribution in [3.05, 3.63) is 48.0 Å². The molecule has 0 aliphatic rings. The number of urea groups is 1. The van der Waals surface area contributed by atoms with Gasteiger partial charge in [-0.2, -0.15) is 8.42 Å². The zero-order valence-electron chi connectivity index (χ0n) is 16.3. The van der Waals surface area contributed by atoms with Gasteiger partial charge >= 0.3 is 6.03 Å². The largest absolute Gasteiger partial charge is 0.399 e. The van der Waals surface area contributed by atoms with Gasteiger partial charge in [0.25, 0.3) is 10.1 Å². The summed E-state index contributed by atoms with van der Waals surface area (Å²) in [4.78, 5) is 11.2. The van der Waals surface area contributed by atoms with Gasteiger partial charge in [0.1, 0.15) is 16.3 Å². The quantitative estimate of drug-likeness (QED) is 0.0817. The molecule has 0 aliphatic carbocycles. The number of hydrogen-bond acceptors (Lipinski definition) is 10. The molecule has 2 amide bonds. The van der Waals surface area contributed by atoms with Gasteiger partial charge in [-0.1, -0.05) is 5.04 Å². The molecule has 0 heterocycles. The molecule has 0 aliphatic heterocycles. The van der Waals surface area contributed by atoms with Crippen molar-refractivity contribution in [2.45, 2.75) is 16.7 Å². The van der Waals surface area contributed by atoms with E-state index in [0.717, 1.165) is 0 Å². The van der Waals surface area contributed by atoms with E-state index >= 15 is 0 Å². The van der Waals surface area contributed by atoms with Crippen molar-refractivity contribution in [3.63, 3.8) is 0 Å². The van der Waals surface area contributed by atoms with Gasteiger partial charge in [0.05, 0.1) is 17.7 Å². The summed E-state index contributed by atoms with van der Waals surface area (Å²) in [6.45, 7) is 1.76. The molecule has 0 aromatic heterocycles. The molecule has 14 heteroatoms. The van der Waals surface area contributed by atoms with Crippen molar-refractivity contribution in [1.82, 2.24) is 0 Å². The zero-order valence-corrected chi connectivity index (χ0v) is 18.0. The lowest BCUT2D eigenvalue weighted by Gasteiger charge is -2.10. The van der Waals surface area contributed by atoms with Gasteiger partial charge < -0.3 is 16.8 Å². The van der Waals surface area contributed by atoms with E-state index in [2.05, 4.69) is 24.9 Å². The van der Waals surface area contributed by atoms with Crippen molar-refractivity contribution in [2.75, 3.05) is 11.1 Å². The molecule has 0 unspecified atom stereocenters. The maximum atomic E-state index is 12.0. The van der Waals surface area contributed by atoms with Crippen LogP contribution in [0.15, 0.2) is 62.5 Å². The molecule has 3 aromatic carbocycles.